The number of allylic oxidation sites excluding steroid dienone is 2. The molecule has 1 aliphatic rings. The van der Waals surface area contributed by atoms with Gasteiger partial charge in [-0.15, -0.1) is 0 Å². The highest BCUT2D eigenvalue weighted by Crippen LogP contribution is 2.30. The molecule has 1 saturated heterocycles. The van der Waals surface area contributed by atoms with Crippen LogP contribution < -0.4 is 5.32 Å². The number of thioether (sulfide) groups is 1. The molecule has 126 valence electrons. The zero-order valence-electron chi connectivity index (χ0n) is 13.9. The number of rotatable bonds is 4. The lowest BCUT2D eigenvalue weighted by Crippen LogP contribution is -2.46. The van der Waals surface area contributed by atoms with Crippen LogP contribution in [-0.2, 0) is 9.59 Å². The van der Waals surface area contributed by atoms with Gasteiger partial charge in [-0.2, -0.15) is 0 Å². The summed E-state index contributed by atoms with van der Waals surface area (Å²) in [5.41, 5.74) is 0.708. The summed E-state index contributed by atoms with van der Waals surface area (Å²) in [7, 11) is 0. The van der Waals surface area contributed by atoms with Crippen molar-refractivity contribution in [3.8, 4) is 0 Å². The second kappa shape index (κ2) is 7.77. The highest BCUT2D eigenvalue weighted by Gasteiger charge is 2.33. The molecule has 1 aromatic rings. The van der Waals surface area contributed by atoms with Crippen LogP contribution in [0.2, 0.25) is 0 Å². The van der Waals surface area contributed by atoms with Gasteiger partial charge in [0.05, 0.1) is 4.91 Å². The Labute approximate surface area is 152 Å². The van der Waals surface area contributed by atoms with Crippen LogP contribution in [0.1, 0.15) is 26.3 Å². The van der Waals surface area contributed by atoms with Crippen molar-refractivity contribution in [1.82, 2.24) is 10.2 Å². The molecule has 0 aliphatic carbocycles. The van der Waals surface area contributed by atoms with Crippen molar-refractivity contribution in [3.63, 3.8) is 0 Å². The summed E-state index contributed by atoms with van der Waals surface area (Å²) in [6.07, 6.45) is 5.46. The third-order valence-electron chi connectivity index (χ3n) is 3.03. The molecule has 1 N–H and O–H groups in total. The lowest BCUT2D eigenvalue weighted by molar-refractivity contribution is -0.129. The van der Waals surface area contributed by atoms with E-state index in [0.29, 0.717) is 9.23 Å². The fraction of sp³-hybridized carbons (Fsp3) is 0.278. The summed E-state index contributed by atoms with van der Waals surface area (Å²) in [6.45, 7) is 5.62. The number of hydrogen-bond donors (Lipinski definition) is 1. The Hall–Kier alpha value is -1.92. The maximum Gasteiger partial charge on any atom is 0.266 e. The van der Waals surface area contributed by atoms with E-state index in [-0.39, 0.29) is 23.9 Å². The number of thiocarbonyl (C=S) groups is 1. The molecule has 0 bridgehead atoms. The van der Waals surface area contributed by atoms with Gasteiger partial charge in [0.25, 0.3) is 5.91 Å². The van der Waals surface area contributed by atoms with Crippen molar-refractivity contribution in [2.75, 3.05) is 6.54 Å². The van der Waals surface area contributed by atoms with E-state index < -0.39 is 0 Å². The van der Waals surface area contributed by atoms with Gasteiger partial charge in [-0.1, -0.05) is 66.5 Å². The topological polar surface area (TPSA) is 49.4 Å². The summed E-state index contributed by atoms with van der Waals surface area (Å²) >= 11 is 6.44. The van der Waals surface area contributed by atoms with Crippen LogP contribution in [0.15, 0.2) is 47.4 Å². The fourth-order valence-electron chi connectivity index (χ4n) is 2.06. The Kier molecular flexibility index (Phi) is 5.96. The van der Waals surface area contributed by atoms with Gasteiger partial charge in [0, 0.05) is 5.54 Å². The van der Waals surface area contributed by atoms with Gasteiger partial charge in [0.15, 0.2) is 0 Å². The second-order valence-corrected chi connectivity index (χ2v) is 8.03. The molecule has 4 nitrogen and oxygen atoms in total. The van der Waals surface area contributed by atoms with Crippen LogP contribution in [0.25, 0.3) is 6.08 Å². The van der Waals surface area contributed by atoms with Crippen molar-refractivity contribution in [3.05, 3.63) is 53.0 Å². The molecule has 0 atom stereocenters. The van der Waals surface area contributed by atoms with Crippen LogP contribution in [0, 0.1) is 0 Å². The molecule has 1 aliphatic heterocycles. The Morgan fingerprint density at radius 3 is 2.58 bits per heavy atom. The van der Waals surface area contributed by atoms with Crippen LogP contribution >= 0.6 is 24.0 Å². The van der Waals surface area contributed by atoms with Crippen molar-refractivity contribution < 1.29 is 9.59 Å². The number of carbonyl (C=O) groups is 2. The maximum absolute atomic E-state index is 12.4. The first kappa shape index (κ1) is 18.4. The smallest absolute Gasteiger partial charge is 0.266 e. The molecule has 2 amide bonds. The summed E-state index contributed by atoms with van der Waals surface area (Å²) in [4.78, 5) is 26.3. The second-order valence-electron chi connectivity index (χ2n) is 6.36. The Morgan fingerprint density at radius 2 is 1.96 bits per heavy atom. The van der Waals surface area contributed by atoms with Crippen molar-refractivity contribution in [1.29, 1.82) is 0 Å². The van der Waals surface area contributed by atoms with Gasteiger partial charge in [-0.05, 0) is 32.4 Å². The van der Waals surface area contributed by atoms with E-state index in [1.807, 2.05) is 63.3 Å². The normalized spacial score (nSPS) is 17.1. The number of nitrogens with one attached hydrogen (secondary N) is 1. The molecule has 0 unspecified atom stereocenters. The summed E-state index contributed by atoms with van der Waals surface area (Å²) in [5.74, 6) is -0.452. The van der Waals surface area contributed by atoms with Crippen LogP contribution in [0.5, 0.6) is 0 Å². The predicted octanol–water partition coefficient (Wildman–Crippen LogP) is 3.36. The largest absolute Gasteiger partial charge is 0.350 e. The van der Waals surface area contributed by atoms with Crippen LogP contribution in [-0.4, -0.2) is 33.1 Å². The Bertz CT molecular complexity index is 703. The molecular weight excluding hydrogens is 340 g/mol. The van der Waals surface area contributed by atoms with Gasteiger partial charge < -0.3 is 5.32 Å². The third-order valence-corrected chi connectivity index (χ3v) is 4.42. The molecule has 0 saturated carbocycles. The van der Waals surface area contributed by atoms with Gasteiger partial charge in [-0.3, -0.25) is 14.5 Å². The average Bonchev–Trinajstić information content (AvgIpc) is 2.74. The SMILES string of the molecule is CC(C)(C)NC(=O)CN1C(=O)/C(=C/C=C/c2ccccc2)SC1=S. The van der Waals surface area contributed by atoms with E-state index in [9.17, 15) is 9.59 Å². The van der Waals surface area contributed by atoms with Crippen molar-refractivity contribution in [2.45, 2.75) is 26.3 Å². The van der Waals surface area contributed by atoms with Gasteiger partial charge in [0.2, 0.25) is 5.91 Å². The van der Waals surface area contributed by atoms with Gasteiger partial charge >= 0.3 is 0 Å². The van der Waals surface area contributed by atoms with E-state index in [4.69, 9.17) is 12.2 Å². The Balaban J connectivity index is 2.02. The number of nitrogens with zero attached hydrogens (tertiary/aromatic N) is 1. The average molecular weight is 361 g/mol. The first-order chi connectivity index (χ1) is 11.3. The molecule has 1 aromatic carbocycles. The van der Waals surface area contributed by atoms with Crippen molar-refractivity contribution in [2.24, 2.45) is 0 Å². The molecule has 2 rings (SSSR count). The lowest BCUT2D eigenvalue weighted by atomic mass is 10.1. The van der Waals surface area contributed by atoms with Crippen LogP contribution in [0.4, 0.5) is 0 Å². The number of hydrogen-bond acceptors (Lipinski definition) is 4. The molecular formula is C18H20N2O2S2. The molecule has 1 fully saturated rings. The molecule has 0 radical (unpaired) electrons. The third kappa shape index (κ3) is 5.32. The van der Waals surface area contributed by atoms with Crippen molar-refractivity contribution >= 4 is 46.2 Å². The monoisotopic (exact) mass is 360 g/mol. The zero-order valence-corrected chi connectivity index (χ0v) is 15.5. The summed E-state index contributed by atoms with van der Waals surface area (Å²) < 4.78 is 0.406. The quantitative estimate of drug-likeness (QED) is 0.661. The van der Waals surface area contributed by atoms with Crippen LogP contribution in [0.3, 0.4) is 0 Å². The number of benzene rings is 1. The summed E-state index contributed by atoms with van der Waals surface area (Å²) in [5, 5.41) is 2.83. The molecule has 0 aromatic heterocycles. The minimum atomic E-state index is -0.342. The maximum atomic E-state index is 12.4. The van der Waals surface area contributed by atoms with E-state index in [2.05, 4.69) is 5.32 Å². The summed E-state index contributed by atoms with van der Waals surface area (Å²) in [6, 6.07) is 9.81. The minimum Gasteiger partial charge on any atom is -0.350 e. The van der Waals surface area contributed by atoms with E-state index in [0.717, 1.165) is 5.56 Å². The first-order valence-electron chi connectivity index (χ1n) is 7.54. The van der Waals surface area contributed by atoms with Gasteiger partial charge in [-0.25, -0.2) is 0 Å². The Morgan fingerprint density at radius 1 is 1.29 bits per heavy atom. The minimum absolute atomic E-state index is 0.0539. The predicted molar refractivity (Wildman–Crippen MR) is 103 cm³/mol. The van der Waals surface area contributed by atoms with E-state index in [1.165, 1.54) is 16.7 Å². The number of carbonyl (C=O) groups excluding carboxylic acids is 2. The lowest BCUT2D eigenvalue weighted by Gasteiger charge is -2.22. The standard InChI is InChI=1S/C18H20N2O2S2/c1-18(2,3)19-15(21)12-20-16(22)14(24-17(20)23)11-7-10-13-8-5-4-6-9-13/h4-11H,12H2,1-3H3,(H,19,21)/b10-7+,14-11-. The molecule has 24 heavy (non-hydrogen) atoms. The van der Waals surface area contributed by atoms with Gasteiger partial charge in [0.1, 0.15) is 10.9 Å². The molecule has 0 spiro atoms. The highest BCUT2D eigenvalue weighted by atomic mass is 32.2. The highest BCUT2D eigenvalue weighted by molar-refractivity contribution is 8.26. The fourth-order valence-corrected chi connectivity index (χ4v) is 3.27. The molecule has 1 heterocycles. The molecule has 6 heteroatoms. The van der Waals surface area contributed by atoms with E-state index >= 15 is 0 Å². The zero-order chi connectivity index (χ0) is 17.7. The number of amides is 2. The first-order valence-corrected chi connectivity index (χ1v) is 8.77. The van der Waals surface area contributed by atoms with E-state index in [1.54, 1.807) is 6.08 Å².